The molecule has 29 heavy (non-hydrogen) atoms. The number of benzene rings is 3. The van der Waals surface area contributed by atoms with Crippen LogP contribution in [0, 0.1) is 0 Å². The van der Waals surface area contributed by atoms with Gasteiger partial charge in [-0.25, -0.2) is 0 Å². The quantitative estimate of drug-likeness (QED) is 0.585. The minimum atomic E-state index is 0.273. The highest BCUT2D eigenvalue weighted by atomic mass is 16.5. The lowest BCUT2D eigenvalue weighted by Crippen LogP contribution is -2.48. The molecule has 4 heteroatoms. The highest BCUT2D eigenvalue weighted by molar-refractivity contribution is 5.83. The van der Waals surface area contributed by atoms with E-state index in [4.69, 9.17) is 14.2 Å². The molecule has 0 fully saturated rings. The summed E-state index contributed by atoms with van der Waals surface area (Å²) in [4.78, 5) is 0. The number of ether oxygens (including phenoxy) is 3. The number of rotatable bonds is 5. The van der Waals surface area contributed by atoms with Gasteiger partial charge in [0, 0.05) is 12.8 Å². The minimum Gasteiger partial charge on any atom is -0.493 e. The Morgan fingerprint density at radius 3 is 2.28 bits per heavy atom. The molecule has 0 saturated heterocycles. The van der Waals surface area contributed by atoms with Crippen molar-refractivity contribution in [2.24, 2.45) is 0 Å². The monoisotopic (exact) mass is 392 g/mol. The molecule has 152 valence electrons. The molecule has 0 bridgehead atoms. The Morgan fingerprint density at radius 1 is 0.862 bits per heavy atom. The third-order valence-electron chi connectivity index (χ3n) is 6.33. The molecule has 1 unspecified atom stereocenters. The van der Waals surface area contributed by atoms with Gasteiger partial charge in [-0.15, -0.1) is 0 Å². The van der Waals surface area contributed by atoms with Gasteiger partial charge in [0.05, 0.1) is 47.5 Å². The second-order valence-corrected chi connectivity index (χ2v) is 8.37. The SMILES string of the molecule is COc1cc2c(c(OC)c1OC)C(Cc1ccc3ccccc3c1)[N+](C)(C)CC2. The summed E-state index contributed by atoms with van der Waals surface area (Å²) in [5, 5.41) is 2.56. The molecule has 3 aromatic carbocycles. The maximum absolute atomic E-state index is 5.89. The molecule has 1 heterocycles. The fourth-order valence-electron chi connectivity index (χ4n) is 4.65. The van der Waals surface area contributed by atoms with Gasteiger partial charge in [-0.2, -0.15) is 0 Å². The molecule has 0 spiro atoms. The molecule has 4 rings (SSSR count). The highest BCUT2D eigenvalue weighted by Crippen LogP contribution is 2.49. The first-order chi connectivity index (χ1) is 14.0. The van der Waals surface area contributed by atoms with Crippen molar-refractivity contribution in [2.45, 2.75) is 18.9 Å². The molecule has 1 aliphatic rings. The average Bonchev–Trinajstić information content (AvgIpc) is 2.74. The summed E-state index contributed by atoms with van der Waals surface area (Å²) in [5.74, 6) is 2.22. The second-order valence-electron chi connectivity index (χ2n) is 8.37. The van der Waals surface area contributed by atoms with Gasteiger partial charge < -0.3 is 18.7 Å². The van der Waals surface area contributed by atoms with E-state index in [2.05, 4.69) is 62.6 Å². The smallest absolute Gasteiger partial charge is 0.203 e. The lowest BCUT2D eigenvalue weighted by atomic mass is 9.85. The van der Waals surface area contributed by atoms with E-state index in [9.17, 15) is 0 Å². The van der Waals surface area contributed by atoms with Gasteiger partial charge in [0.1, 0.15) is 6.04 Å². The normalized spacial score (nSPS) is 17.6. The molecule has 4 nitrogen and oxygen atoms in total. The molecular formula is C25H30NO3+. The van der Waals surface area contributed by atoms with Crippen molar-refractivity contribution in [1.29, 1.82) is 0 Å². The summed E-state index contributed by atoms with van der Waals surface area (Å²) in [6.07, 6.45) is 1.93. The number of hydrogen-bond donors (Lipinski definition) is 0. The van der Waals surface area contributed by atoms with E-state index in [0.29, 0.717) is 5.75 Å². The fourth-order valence-corrected chi connectivity index (χ4v) is 4.65. The first kappa shape index (κ1) is 19.6. The van der Waals surface area contributed by atoms with E-state index in [0.717, 1.165) is 35.4 Å². The Hall–Kier alpha value is -2.72. The maximum Gasteiger partial charge on any atom is 0.203 e. The van der Waals surface area contributed by atoms with Crippen LogP contribution >= 0.6 is 0 Å². The topological polar surface area (TPSA) is 27.7 Å². The van der Waals surface area contributed by atoms with Gasteiger partial charge >= 0.3 is 0 Å². The Morgan fingerprint density at radius 2 is 1.59 bits per heavy atom. The van der Waals surface area contributed by atoms with Crippen molar-refractivity contribution >= 4 is 10.8 Å². The number of likely N-dealkylation sites (N-methyl/N-ethyl adjacent to an activating group) is 1. The molecule has 1 atom stereocenters. The summed E-state index contributed by atoms with van der Waals surface area (Å²) in [6.45, 7) is 1.07. The highest BCUT2D eigenvalue weighted by Gasteiger charge is 2.40. The van der Waals surface area contributed by atoms with Crippen molar-refractivity contribution in [2.75, 3.05) is 42.0 Å². The molecule has 0 amide bonds. The molecule has 0 saturated carbocycles. The molecule has 1 aliphatic heterocycles. The second kappa shape index (κ2) is 7.60. The van der Waals surface area contributed by atoms with E-state index in [1.165, 1.54) is 27.5 Å². The van der Waals surface area contributed by atoms with Crippen LogP contribution < -0.4 is 14.2 Å². The summed E-state index contributed by atoms with van der Waals surface area (Å²) >= 11 is 0. The van der Waals surface area contributed by atoms with Crippen molar-refractivity contribution in [1.82, 2.24) is 0 Å². The van der Waals surface area contributed by atoms with Crippen LogP contribution in [0.2, 0.25) is 0 Å². The first-order valence-electron chi connectivity index (χ1n) is 10.1. The van der Waals surface area contributed by atoms with Crippen LogP contribution in [-0.2, 0) is 12.8 Å². The zero-order valence-electron chi connectivity index (χ0n) is 18.0. The van der Waals surface area contributed by atoms with E-state index in [-0.39, 0.29) is 6.04 Å². The van der Waals surface area contributed by atoms with Crippen molar-refractivity contribution in [3.8, 4) is 17.2 Å². The van der Waals surface area contributed by atoms with Gasteiger partial charge in [0.25, 0.3) is 0 Å². The molecule has 0 aromatic heterocycles. The van der Waals surface area contributed by atoms with Crippen molar-refractivity contribution in [3.63, 3.8) is 0 Å². The molecular weight excluding hydrogens is 362 g/mol. The molecule has 3 aromatic rings. The Bertz CT molecular complexity index is 1040. The predicted octanol–water partition coefficient (Wildman–Crippen LogP) is 4.78. The lowest BCUT2D eigenvalue weighted by Gasteiger charge is -2.43. The maximum atomic E-state index is 5.89. The Labute approximate surface area is 173 Å². The van der Waals surface area contributed by atoms with Gasteiger partial charge in [0.2, 0.25) is 5.75 Å². The Balaban J connectivity index is 1.84. The van der Waals surface area contributed by atoms with Crippen molar-refractivity contribution in [3.05, 3.63) is 65.2 Å². The van der Waals surface area contributed by atoms with Crippen LogP contribution in [0.5, 0.6) is 17.2 Å². The first-order valence-corrected chi connectivity index (χ1v) is 10.1. The zero-order valence-corrected chi connectivity index (χ0v) is 18.0. The number of quaternary nitrogens is 1. The van der Waals surface area contributed by atoms with E-state index in [1.807, 2.05) is 0 Å². The summed E-state index contributed by atoms with van der Waals surface area (Å²) in [6, 6.07) is 17.7. The summed E-state index contributed by atoms with van der Waals surface area (Å²) < 4.78 is 18.1. The van der Waals surface area contributed by atoms with E-state index >= 15 is 0 Å². The number of nitrogens with zero attached hydrogens (tertiary/aromatic N) is 1. The third kappa shape index (κ3) is 3.42. The molecule has 0 N–H and O–H groups in total. The summed E-state index contributed by atoms with van der Waals surface area (Å²) in [5.41, 5.74) is 3.88. The Kier molecular flexibility index (Phi) is 5.13. The molecule has 0 radical (unpaired) electrons. The van der Waals surface area contributed by atoms with Crippen LogP contribution in [0.3, 0.4) is 0 Å². The minimum absolute atomic E-state index is 0.273. The zero-order chi connectivity index (χ0) is 20.6. The molecule has 0 aliphatic carbocycles. The van der Waals surface area contributed by atoms with Gasteiger partial charge in [0.15, 0.2) is 11.5 Å². The van der Waals surface area contributed by atoms with E-state index in [1.54, 1.807) is 21.3 Å². The fraction of sp³-hybridized carbons (Fsp3) is 0.360. The van der Waals surface area contributed by atoms with E-state index < -0.39 is 0 Å². The van der Waals surface area contributed by atoms with Gasteiger partial charge in [-0.3, -0.25) is 0 Å². The van der Waals surface area contributed by atoms with Gasteiger partial charge in [-0.05, 0) is 28.0 Å². The predicted molar refractivity (Wildman–Crippen MR) is 117 cm³/mol. The third-order valence-corrected chi connectivity index (χ3v) is 6.33. The van der Waals surface area contributed by atoms with Crippen LogP contribution in [0.1, 0.15) is 22.7 Å². The lowest BCUT2D eigenvalue weighted by molar-refractivity contribution is -0.923. The van der Waals surface area contributed by atoms with Crippen LogP contribution in [0.15, 0.2) is 48.5 Å². The number of fused-ring (bicyclic) bond motifs is 2. The largest absolute Gasteiger partial charge is 0.493 e. The standard InChI is InChI=1S/C25H30NO3/c1-26(2)13-12-20-16-22(27-3)24(28-4)25(29-5)23(20)21(26)15-17-10-11-18-8-6-7-9-19(18)14-17/h6-11,14,16,21H,12-13,15H2,1-5H3/q+1. The van der Waals surface area contributed by atoms with Gasteiger partial charge in [-0.1, -0.05) is 42.5 Å². The number of methoxy groups -OCH3 is 3. The summed E-state index contributed by atoms with van der Waals surface area (Å²) in [7, 11) is 9.70. The van der Waals surface area contributed by atoms with Crippen LogP contribution in [0.4, 0.5) is 0 Å². The van der Waals surface area contributed by atoms with Crippen molar-refractivity contribution < 1.29 is 18.7 Å². The average molecular weight is 393 g/mol. The number of hydrogen-bond acceptors (Lipinski definition) is 3. The van der Waals surface area contributed by atoms with Crippen LogP contribution in [0.25, 0.3) is 10.8 Å². The van der Waals surface area contributed by atoms with Crippen LogP contribution in [-0.4, -0.2) is 46.5 Å².